The van der Waals surface area contributed by atoms with E-state index in [4.69, 9.17) is 28.3 Å². The Balaban J connectivity index is 0.00000392. The summed E-state index contributed by atoms with van der Waals surface area (Å²) in [5.74, 6) is -2.25. The van der Waals surface area contributed by atoms with Gasteiger partial charge < -0.3 is 10.2 Å². The normalized spacial score (nSPS) is 13.4. The topological polar surface area (TPSA) is 74.6 Å². The van der Waals surface area contributed by atoms with Crippen LogP contribution in [0.1, 0.15) is 38.3 Å². The Bertz CT molecular complexity index is 898. The monoisotopic (exact) mass is 553 g/mol. The van der Waals surface area contributed by atoms with Crippen LogP contribution in [0.2, 0.25) is 10.0 Å². The number of carbonyl (C=O) groups is 2. The van der Waals surface area contributed by atoms with Gasteiger partial charge in [0, 0.05) is 84.5 Å². The number of carboxylic acids is 1. The zero-order valence-corrected chi connectivity index (χ0v) is 22.6. The summed E-state index contributed by atoms with van der Waals surface area (Å²) < 4.78 is 40.8. The molecule has 0 aliphatic carbocycles. The molecule has 2 rings (SSSR count). The Hall–Kier alpha value is -0.0381. The largest absolute Gasteiger partial charge is 0.478 e. The minimum Gasteiger partial charge on any atom is -0.478 e. The van der Waals surface area contributed by atoms with Gasteiger partial charge in [-0.15, -0.1) is 0 Å². The SMILES string of the molecule is Cc1cc(C(=O)CC(O)(c2cc(Cl)cc(Cl)c2)C(F)(F)F)ccc1C(=O)O.[Cs]. The van der Waals surface area contributed by atoms with Gasteiger partial charge in [0.05, 0.1) is 12.0 Å². The van der Waals surface area contributed by atoms with E-state index in [-0.39, 0.29) is 95.6 Å². The molecule has 0 aliphatic rings. The average molecular weight is 554 g/mol. The minimum absolute atomic E-state index is 0. The van der Waals surface area contributed by atoms with Crippen LogP contribution in [0.3, 0.4) is 0 Å². The van der Waals surface area contributed by atoms with Crippen LogP contribution in [-0.2, 0) is 5.60 Å². The Labute approximate surface area is 227 Å². The summed E-state index contributed by atoms with van der Waals surface area (Å²) >= 11 is 11.4. The van der Waals surface area contributed by atoms with Gasteiger partial charge in [-0.05, 0) is 48.4 Å². The number of benzene rings is 2. The Morgan fingerprint density at radius 3 is 2.00 bits per heavy atom. The molecule has 10 heteroatoms. The second kappa shape index (κ2) is 9.85. The molecule has 0 saturated heterocycles. The maximum absolute atomic E-state index is 13.6. The van der Waals surface area contributed by atoms with Gasteiger partial charge in [0.2, 0.25) is 0 Å². The number of aromatic carboxylic acids is 1. The average Bonchev–Trinajstić information content (AvgIpc) is 2.52. The number of ketones is 1. The summed E-state index contributed by atoms with van der Waals surface area (Å²) in [6.45, 7) is 1.41. The van der Waals surface area contributed by atoms with Crippen molar-refractivity contribution in [3.8, 4) is 0 Å². The van der Waals surface area contributed by atoms with Crippen molar-refractivity contribution in [2.45, 2.75) is 25.1 Å². The van der Waals surface area contributed by atoms with Crippen molar-refractivity contribution in [3.63, 3.8) is 0 Å². The minimum atomic E-state index is -5.19. The number of hydrogen-bond donors (Lipinski definition) is 2. The van der Waals surface area contributed by atoms with E-state index >= 15 is 0 Å². The molecule has 2 aromatic rings. The first-order valence-corrected chi connectivity index (χ1v) is 8.23. The van der Waals surface area contributed by atoms with E-state index in [1.807, 2.05) is 0 Å². The van der Waals surface area contributed by atoms with E-state index in [0.717, 1.165) is 30.3 Å². The van der Waals surface area contributed by atoms with E-state index in [9.17, 15) is 27.9 Å². The molecule has 0 spiro atoms. The summed E-state index contributed by atoms with van der Waals surface area (Å²) in [7, 11) is 0. The summed E-state index contributed by atoms with van der Waals surface area (Å²) in [5, 5.41) is 19.1. The van der Waals surface area contributed by atoms with Gasteiger partial charge in [0.15, 0.2) is 11.4 Å². The number of carbonyl (C=O) groups excluding carboxylic acids is 1. The fourth-order valence-corrected chi connectivity index (χ4v) is 3.10. The second-order valence-corrected chi connectivity index (χ2v) is 6.82. The Kier molecular flexibility index (Phi) is 9.14. The van der Waals surface area contributed by atoms with Gasteiger partial charge in [-0.3, -0.25) is 4.79 Å². The van der Waals surface area contributed by atoms with Crippen LogP contribution >= 0.6 is 23.2 Å². The molecular formula is C18H13Cl2CsF3O4. The third kappa shape index (κ3) is 5.77. The summed E-state index contributed by atoms with van der Waals surface area (Å²) in [6.07, 6.45) is -6.51. The number of aryl methyl sites for hydroxylation is 1. The van der Waals surface area contributed by atoms with Crippen molar-refractivity contribution in [1.82, 2.24) is 0 Å². The molecule has 0 heterocycles. The number of alkyl halides is 3. The molecule has 2 N–H and O–H groups in total. The van der Waals surface area contributed by atoms with E-state index in [2.05, 4.69) is 0 Å². The van der Waals surface area contributed by atoms with Gasteiger partial charge in [-0.2, -0.15) is 13.2 Å². The third-order valence-corrected chi connectivity index (χ3v) is 4.44. The summed E-state index contributed by atoms with van der Waals surface area (Å²) in [6, 6.07) is 6.33. The molecule has 0 bridgehead atoms. The van der Waals surface area contributed by atoms with Gasteiger partial charge >= 0.3 is 12.1 Å². The van der Waals surface area contributed by atoms with Crippen molar-refractivity contribution < 1.29 is 33.0 Å². The van der Waals surface area contributed by atoms with E-state index in [1.165, 1.54) is 13.0 Å². The molecule has 1 atom stereocenters. The van der Waals surface area contributed by atoms with Gasteiger partial charge in [-0.1, -0.05) is 29.3 Å². The van der Waals surface area contributed by atoms with Gasteiger partial charge in [0.25, 0.3) is 0 Å². The number of aliphatic hydroxyl groups is 1. The quantitative estimate of drug-likeness (QED) is 0.529. The molecule has 0 amide bonds. The maximum Gasteiger partial charge on any atom is 0.421 e. The standard InChI is InChI=1S/C18H13Cl2F3O4.Cs/c1-9-4-10(2-3-14(9)16(25)26)15(24)8-17(27,18(21,22)23)11-5-12(19)7-13(20)6-11;/h2-7,27H,8H2,1H3,(H,25,26);. The summed E-state index contributed by atoms with van der Waals surface area (Å²) in [4.78, 5) is 23.4. The number of halogens is 5. The maximum atomic E-state index is 13.6. The molecule has 145 valence electrons. The van der Waals surface area contributed by atoms with Crippen molar-refractivity contribution in [2.24, 2.45) is 0 Å². The van der Waals surface area contributed by atoms with Crippen LogP contribution in [0.15, 0.2) is 36.4 Å². The Morgan fingerprint density at radius 1 is 1.04 bits per heavy atom. The van der Waals surface area contributed by atoms with Crippen molar-refractivity contribution in [1.29, 1.82) is 0 Å². The second-order valence-electron chi connectivity index (χ2n) is 5.95. The van der Waals surface area contributed by atoms with Crippen LogP contribution < -0.4 is 0 Å². The number of carboxylic acid groups (broad SMARTS) is 1. The molecule has 1 radical (unpaired) electrons. The molecule has 28 heavy (non-hydrogen) atoms. The fraction of sp³-hybridized carbons (Fsp3) is 0.222. The van der Waals surface area contributed by atoms with Crippen LogP contribution in [0.4, 0.5) is 13.2 Å². The van der Waals surface area contributed by atoms with E-state index in [1.54, 1.807) is 0 Å². The van der Waals surface area contributed by atoms with Gasteiger partial charge in [0.1, 0.15) is 0 Å². The molecule has 2 aromatic carbocycles. The van der Waals surface area contributed by atoms with E-state index < -0.39 is 35.5 Å². The zero-order valence-electron chi connectivity index (χ0n) is 14.8. The zero-order chi connectivity index (χ0) is 20.6. The number of hydrogen-bond acceptors (Lipinski definition) is 3. The molecule has 0 saturated carbocycles. The predicted molar refractivity (Wildman–Crippen MR) is 99.3 cm³/mol. The van der Waals surface area contributed by atoms with Crippen molar-refractivity contribution in [3.05, 3.63) is 68.7 Å². The molecule has 0 aromatic heterocycles. The smallest absolute Gasteiger partial charge is 0.421 e. The Morgan fingerprint density at radius 2 is 1.57 bits per heavy atom. The van der Waals surface area contributed by atoms with Crippen molar-refractivity contribution >= 4 is 104 Å². The molecule has 4 nitrogen and oxygen atoms in total. The predicted octanol–water partition coefficient (Wildman–Crippen LogP) is 4.64. The fourth-order valence-electron chi connectivity index (χ4n) is 2.57. The van der Waals surface area contributed by atoms with Crippen LogP contribution in [0.25, 0.3) is 0 Å². The van der Waals surface area contributed by atoms with Crippen LogP contribution in [0.5, 0.6) is 0 Å². The molecular weight excluding hydrogens is 541 g/mol. The number of Topliss-reactive ketones (excluding diaryl/α,β-unsaturated/α-hetero) is 1. The summed E-state index contributed by atoms with van der Waals surface area (Å²) in [5.41, 5.74) is -4.22. The van der Waals surface area contributed by atoms with Crippen LogP contribution in [-0.4, -0.2) is 97.0 Å². The van der Waals surface area contributed by atoms with E-state index in [0.29, 0.717) is 0 Å². The third-order valence-electron chi connectivity index (χ3n) is 4.00. The van der Waals surface area contributed by atoms with Crippen LogP contribution in [0, 0.1) is 6.92 Å². The molecule has 1 unspecified atom stereocenters. The first kappa shape index (κ1) is 26.0. The number of rotatable bonds is 5. The van der Waals surface area contributed by atoms with Gasteiger partial charge in [-0.25, -0.2) is 4.79 Å². The molecule has 0 aliphatic heterocycles. The first-order chi connectivity index (χ1) is 12.3. The molecule has 0 fully saturated rings. The van der Waals surface area contributed by atoms with Crippen molar-refractivity contribution in [2.75, 3.05) is 0 Å². The first-order valence-electron chi connectivity index (χ1n) is 7.48.